The molecule has 56 valence electrons. The van der Waals surface area contributed by atoms with Crippen molar-refractivity contribution in [3.63, 3.8) is 0 Å². The SMILES string of the molecule is Cc1occc1C(O)CBr. The van der Waals surface area contributed by atoms with Crippen LogP contribution in [0.15, 0.2) is 16.7 Å². The van der Waals surface area contributed by atoms with E-state index in [-0.39, 0.29) is 0 Å². The lowest BCUT2D eigenvalue weighted by atomic mass is 10.2. The van der Waals surface area contributed by atoms with Crippen LogP contribution in [0.2, 0.25) is 0 Å². The van der Waals surface area contributed by atoms with Gasteiger partial charge in [0.05, 0.1) is 12.4 Å². The summed E-state index contributed by atoms with van der Waals surface area (Å²) in [4.78, 5) is 0. The maximum absolute atomic E-state index is 9.29. The Hall–Kier alpha value is -0.280. The molecule has 0 spiro atoms. The smallest absolute Gasteiger partial charge is 0.106 e. The molecule has 1 unspecified atom stereocenters. The van der Waals surface area contributed by atoms with Gasteiger partial charge in [0.2, 0.25) is 0 Å². The first-order valence-electron chi connectivity index (χ1n) is 3.03. The first kappa shape index (κ1) is 7.82. The minimum atomic E-state index is -0.446. The Kier molecular flexibility index (Phi) is 2.51. The van der Waals surface area contributed by atoms with Crippen LogP contribution >= 0.6 is 15.9 Å². The summed E-state index contributed by atoms with van der Waals surface area (Å²) < 4.78 is 5.01. The van der Waals surface area contributed by atoms with Gasteiger partial charge >= 0.3 is 0 Å². The van der Waals surface area contributed by atoms with Gasteiger partial charge in [-0.1, -0.05) is 15.9 Å². The quantitative estimate of drug-likeness (QED) is 0.749. The molecule has 2 nitrogen and oxygen atoms in total. The number of furan rings is 1. The minimum Gasteiger partial charge on any atom is -0.469 e. The first-order chi connectivity index (χ1) is 4.75. The molecular weight excluding hydrogens is 196 g/mol. The second kappa shape index (κ2) is 3.21. The summed E-state index contributed by atoms with van der Waals surface area (Å²) >= 11 is 3.18. The highest BCUT2D eigenvalue weighted by atomic mass is 79.9. The van der Waals surface area contributed by atoms with E-state index in [0.717, 1.165) is 11.3 Å². The summed E-state index contributed by atoms with van der Waals surface area (Å²) in [6.45, 7) is 1.83. The van der Waals surface area contributed by atoms with Crippen LogP contribution < -0.4 is 0 Å². The lowest BCUT2D eigenvalue weighted by Gasteiger charge is -2.02. The molecule has 0 aliphatic rings. The summed E-state index contributed by atoms with van der Waals surface area (Å²) in [5.74, 6) is 0.784. The monoisotopic (exact) mass is 204 g/mol. The molecule has 10 heavy (non-hydrogen) atoms. The van der Waals surface area contributed by atoms with Crippen LogP contribution in [0.25, 0.3) is 0 Å². The van der Waals surface area contributed by atoms with E-state index < -0.39 is 6.10 Å². The average molecular weight is 205 g/mol. The fourth-order valence-electron chi connectivity index (χ4n) is 0.824. The molecule has 0 aromatic carbocycles. The minimum absolute atomic E-state index is 0.446. The molecule has 1 heterocycles. The summed E-state index contributed by atoms with van der Waals surface area (Å²) in [7, 11) is 0. The third kappa shape index (κ3) is 1.41. The van der Waals surface area contributed by atoms with Crippen molar-refractivity contribution >= 4 is 15.9 Å². The summed E-state index contributed by atoms with van der Waals surface area (Å²) in [6.07, 6.45) is 1.13. The Morgan fingerprint density at radius 1 is 1.80 bits per heavy atom. The molecule has 1 aromatic heterocycles. The van der Waals surface area contributed by atoms with Crippen LogP contribution in [-0.2, 0) is 0 Å². The molecule has 0 aliphatic carbocycles. The van der Waals surface area contributed by atoms with Gasteiger partial charge in [-0.25, -0.2) is 0 Å². The Morgan fingerprint density at radius 2 is 2.50 bits per heavy atom. The number of aliphatic hydroxyl groups excluding tert-OH is 1. The summed E-state index contributed by atoms with van der Waals surface area (Å²) in [6, 6.07) is 1.78. The number of halogens is 1. The molecule has 1 aromatic rings. The zero-order valence-corrected chi connectivity index (χ0v) is 7.26. The van der Waals surface area contributed by atoms with Crippen LogP contribution in [0.4, 0.5) is 0 Å². The van der Waals surface area contributed by atoms with Crippen molar-refractivity contribution in [2.75, 3.05) is 5.33 Å². The van der Waals surface area contributed by atoms with Crippen molar-refractivity contribution in [2.45, 2.75) is 13.0 Å². The number of aryl methyl sites for hydroxylation is 1. The van der Waals surface area contributed by atoms with Gasteiger partial charge in [-0.3, -0.25) is 0 Å². The van der Waals surface area contributed by atoms with E-state index in [1.165, 1.54) is 0 Å². The third-order valence-corrected chi connectivity index (χ3v) is 2.02. The first-order valence-corrected chi connectivity index (χ1v) is 4.16. The molecule has 0 bridgehead atoms. The zero-order valence-electron chi connectivity index (χ0n) is 5.67. The van der Waals surface area contributed by atoms with Crippen LogP contribution in [0.3, 0.4) is 0 Å². The van der Waals surface area contributed by atoms with Crippen LogP contribution in [0.5, 0.6) is 0 Å². The van der Waals surface area contributed by atoms with E-state index in [0.29, 0.717) is 5.33 Å². The molecular formula is C7H9BrO2. The Balaban J connectivity index is 2.82. The molecule has 1 atom stereocenters. The van der Waals surface area contributed by atoms with E-state index >= 15 is 0 Å². The Morgan fingerprint density at radius 3 is 2.90 bits per heavy atom. The maximum atomic E-state index is 9.29. The second-order valence-corrected chi connectivity index (χ2v) is 2.75. The summed E-state index contributed by atoms with van der Waals surface area (Å²) in [5.41, 5.74) is 0.858. The second-order valence-electron chi connectivity index (χ2n) is 2.10. The Bertz CT molecular complexity index is 207. The van der Waals surface area contributed by atoms with E-state index in [1.807, 2.05) is 6.92 Å². The predicted octanol–water partition coefficient (Wildman–Crippen LogP) is 2.02. The highest BCUT2D eigenvalue weighted by Crippen LogP contribution is 2.19. The van der Waals surface area contributed by atoms with Crippen molar-refractivity contribution in [3.8, 4) is 0 Å². The Labute approximate surface area is 68.0 Å². The molecule has 3 heteroatoms. The largest absolute Gasteiger partial charge is 0.469 e. The van der Waals surface area contributed by atoms with Crippen LogP contribution in [-0.4, -0.2) is 10.4 Å². The standard InChI is InChI=1S/C7H9BrO2/c1-5-6(2-3-10-5)7(9)4-8/h2-3,7,9H,4H2,1H3. The number of aliphatic hydroxyl groups is 1. The van der Waals surface area contributed by atoms with Crippen LogP contribution in [0, 0.1) is 6.92 Å². The molecule has 0 amide bonds. The maximum Gasteiger partial charge on any atom is 0.106 e. The fourth-order valence-corrected chi connectivity index (χ4v) is 1.17. The third-order valence-electron chi connectivity index (χ3n) is 1.40. The van der Waals surface area contributed by atoms with Gasteiger partial charge in [0.15, 0.2) is 0 Å². The number of alkyl halides is 1. The molecule has 1 rings (SSSR count). The predicted molar refractivity (Wildman–Crippen MR) is 42.2 cm³/mol. The van der Waals surface area contributed by atoms with E-state index in [9.17, 15) is 5.11 Å². The van der Waals surface area contributed by atoms with Crippen molar-refractivity contribution in [2.24, 2.45) is 0 Å². The molecule has 1 N–H and O–H groups in total. The number of rotatable bonds is 2. The lowest BCUT2D eigenvalue weighted by molar-refractivity contribution is 0.203. The van der Waals surface area contributed by atoms with Crippen molar-refractivity contribution < 1.29 is 9.52 Å². The highest BCUT2D eigenvalue weighted by molar-refractivity contribution is 9.09. The van der Waals surface area contributed by atoms with Gasteiger partial charge in [-0.2, -0.15) is 0 Å². The molecule has 0 saturated carbocycles. The molecule has 0 aliphatic heterocycles. The molecule has 0 saturated heterocycles. The van der Waals surface area contributed by atoms with Gasteiger partial charge in [-0.05, 0) is 13.0 Å². The molecule has 0 fully saturated rings. The van der Waals surface area contributed by atoms with Crippen LogP contribution in [0.1, 0.15) is 17.4 Å². The van der Waals surface area contributed by atoms with E-state index in [4.69, 9.17) is 4.42 Å². The van der Waals surface area contributed by atoms with E-state index in [1.54, 1.807) is 12.3 Å². The number of hydrogen-bond donors (Lipinski definition) is 1. The van der Waals surface area contributed by atoms with Gasteiger partial charge in [0.1, 0.15) is 5.76 Å². The average Bonchev–Trinajstić information content (AvgIpc) is 2.34. The van der Waals surface area contributed by atoms with Gasteiger partial charge in [0, 0.05) is 10.9 Å². The highest BCUT2D eigenvalue weighted by Gasteiger charge is 2.09. The van der Waals surface area contributed by atoms with Crippen molar-refractivity contribution in [1.82, 2.24) is 0 Å². The van der Waals surface area contributed by atoms with E-state index in [2.05, 4.69) is 15.9 Å². The van der Waals surface area contributed by atoms with Gasteiger partial charge < -0.3 is 9.52 Å². The lowest BCUT2D eigenvalue weighted by Crippen LogP contribution is -1.97. The van der Waals surface area contributed by atoms with Crippen molar-refractivity contribution in [3.05, 3.63) is 23.7 Å². The number of hydrogen-bond acceptors (Lipinski definition) is 2. The summed E-state index contributed by atoms with van der Waals surface area (Å²) in [5, 5.41) is 9.84. The van der Waals surface area contributed by atoms with Gasteiger partial charge in [-0.15, -0.1) is 0 Å². The normalized spacial score (nSPS) is 13.5. The van der Waals surface area contributed by atoms with Gasteiger partial charge in [0.25, 0.3) is 0 Å². The zero-order chi connectivity index (χ0) is 7.56. The van der Waals surface area contributed by atoms with Crippen molar-refractivity contribution in [1.29, 1.82) is 0 Å². The molecule has 0 radical (unpaired) electrons. The fraction of sp³-hybridized carbons (Fsp3) is 0.429. The topological polar surface area (TPSA) is 33.4 Å².